The van der Waals surface area contributed by atoms with Crippen molar-refractivity contribution in [2.45, 2.75) is 46.4 Å². The van der Waals surface area contributed by atoms with Gasteiger partial charge in [-0.15, -0.1) is 0 Å². The molecule has 0 fully saturated rings. The Balaban J connectivity index is 2.09. The molecule has 0 aliphatic carbocycles. The number of hydrogen-bond donors (Lipinski definition) is 1. The van der Waals surface area contributed by atoms with Crippen LogP contribution in [-0.2, 0) is 13.2 Å². The minimum Gasteiger partial charge on any atom is -0.487 e. The molecule has 0 unspecified atom stereocenters. The molecule has 1 aromatic carbocycles. The van der Waals surface area contributed by atoms with Gasteiger partial charge in [-0.25, -0.2) is 4.63 Å². The predicted octanol–water partition coefficient (Wildman–Crippen LogP) is 3.61. The first-order chi connectivity index (χ1) is 9.85. The molecule has 2 rings (SSSR count). The van der Waals surface area contributed by atoms with E-state index in [0.29, 0.717) is 12.3 Å². The Kier molecular flexibility index (Phi) is 5.00. The molecule has 0 spiro atoms. The molecule has 5 nitrogen and oxygen atoms in total. The average Bonchev–Trinajstić information content (AvgIpc) is 2.80. The van der Waals surface area contributed by atoms with E-state index in [1.165, 1.54) is 0 Å². The second kappa shape index (κ2) is 6.58. The van der Waals surface area contributed by atoms with E-state index >= 15 is 0 Å². The maximum Gasteiger partial charge on any atom is 0.145 e. The Hall–Kier alpha value is -1.40. The molecule has 6 heteroatoms. The Morgan fingerprint density at radius 1 is 1.29 bits per heavy atom. The standard InChI is InChI=1S/C15H20BrN3O2/c1-10-13(19-21-18-10)9-20-14-6-5-12(16)7-11(14)8-17-15(2,3)4/h5-7,17H,8-9H2,1-4H3. The number of rotatable bonds is 5. The zero-order valence-corrected chi connectivity index (χ0v) is 14.3. The molecule has 0 saturated heterocycles. The third kappa shape index (κ3) is 4.82. The van der Waals surface area contributed by atoms with Crippen molar-refractivity contribution >= 4 is 15.9 Å². The highest BCUT2D eigenvalue weighted by molar-refractivity contribution is 9.10. The predicted molar refractivity (Wildman–Crippen MR) is 84.1 cm³/mol. The number of aryl methyl sites for hydroxylation is 1. The molecule has 0 atom stereocenters. The van der Waals surface area contributed by atoms with Gasteiger partial charge in [-0.1, -0.05) is 26.2 Å². The first-order valence-corrected chi connectivity index (χ1v) is 7.59. The van der Waals surface area contributed by atoms with Crippen LogP contribution >= 0.6 is 15.9 Å². The van der Waals surface area contributed by atoms with Crippen LogP contribution in [0, 0.1) is 6.92 Å². The van der Waals surface area contributed by atoms with Crippen LogP contribution in [-0.4, -0.2) is 15.9 Å². The highest BCUT2D eigenvalue weighted by atomic mass is 79.9. The van der Waals surface area contributed by atoms with Crippen molar-refractivity contribution in [1.82, 2.24) is 15.6 Å². The van der Waals surface area contributed by atoms with Gasteiger partial charge in [0.25, 0.3) is 0 Å². The molecule has 0 amide bonds. The molecule has 114 valence electrons. The van der Waals surface area contributed by atoms with Gasteiger partial charge in [0, 0.05) is 22.1 Å². The SMILES string of the molecule is Cc1nonc1COc1ccc(Br)cc1CNC(C)(C)C. The minimum absolute atomic E-state index is 0.0478. The fourth-order valence-electron chi connectivity index (χ4n) is 1.71. The van der Waals surface area contributed by atoms with E-state index in [0.717, 1.165) is 28.0 Å². The van der Waals surface area contributed by atoms with Crippen molar-refractivity contribution in [2.24, 2.45) is 0 Å². The fraction of sp³-hybridized carbons (Fsp3) is 0.467. The van der Waals surface area contributed by atoms with Crippen LogP contribution in [0.4, 0.5) is 0 Å². The topological polar surface area (TPSA) is 60.2 Å². The van der Waals surface area contributed by atoms with Crippen LogP contribution in [0.3, 0.4) is 0 Å². The third-order valence-corrected chi connectivity index (χ3v) is 3.44. The molecule has 0 radical (unpaired) electrons. The monoisotopic (exact) mass is 353 g/mol. The van der Waals surface area contributed by atoms with Gasteiger partial charge in [0.15, 0.2) is 0 Å². The van der Waals surface area contributed by atoms with E-state index in [1.54, 1.807) is 0 Å². The van der Waals surface area contributed by atoms with E-state index in [-0.39, 0.29) is 5.54 Å². The minimum atomic E-state index is 0.0478. The van der Waals surface area contributed by atoms with Gasteiger partial charge >= 0.3 is 0 Å². The van der Waals surface area contributed by atoms with Crippen molar-refractivity contribution in [3.8, 4) is 5.75 Å². The lowest BCUT2D eigenvalue weighted by Gasteiger charge is -2.21. The summed E-state index contributed by atoms with van der Waals surface area (Å²) in [6, 6.07) is 5.97. The lowest BCUT2D eigenvalue weighted by Crippen LogP contribution is -2.35. The summed E-state index contributed by atoms with van der Waals surface area (Å²) in [6.45, 7) is 9.33. The van der Waals surface area contributed by atoms with Crippen LogP contribution in [0.15, 0.2) is 27.3 Å². The van der Waals surface area contributed by atoms with E-state index in [4.69, 9.17) is 4.74 Å². The van der Waals surface area contributed by atoms with Gasteiger partial charge in [-0.05, 0) is 45.9 Å². The van der Waals surface area contributed by atoms with Crippen molar-refractivity contribution in [2.75, 3.05) is 0 Å². The fourth-order valence-corrected chi connectivity index (χ4v) is 2.12. The molecular formula is C15H20BrN3O2. The first-order valence-electron chi connectivity index (χ1n) is 6.79. The number of halogens is 1. The van der Waals surface area contributed by atoms with Gasteiger partial charge < -0.3 is 10.1 Å². The highest BCUT2D eigenvalue weighted by Crippen LogP contribution is 2.24. The van der Waals surface area contributed by atoms with Crippen LogP contribution in [0.5, 0.6) is 5.75 Å². The maximum atomic E-state index is 5.86. The highest BCUT2D eigenvalue weighted by Gasteiger charge is 2.13. The average molecular weight is 354 g/mol. The number of benzene rings is 1. The van der Waals surface area contributed by atoms with Crippen LogP contribution in [0.2, 0.25) is 0 Å². The number of ether oxygens (including phenoxy) is 1. The number of nitrogens with zero attached hydrogens (tertiary/aromatic N) is 2. The van der Waals surface area contributed by atoms with E-state index < -0.39 is 0 Å². The van der Waals surface area contributed by atoms with Gasteiger partial charge in [0.05, 0.1) is 0 Å². The van der Waals surface area contributed by atoms with Gasteiger partial charge in [-0.2, -0.15) is 0 Å². The second-order valence-electron chi connectivity index (χ2n) is 5.94. The largest absolute Gasteiger partial charge is 0.487 e. The Labute approximate surface area is 133 Å². The second-order valence-corrected chi connectivity index (χ2v) is 6.86. The number of hydrogen-bond acceptors (Lipinski definition) is 5. The molecule has 2 aromatic rings. The zero-order valence-electron chi connectivity index (χ0n) is 12.7. The molecule has 0 aliphatic rings. The Bertz CT molecular complexity index is 605. The van der Waals surface area contributed by atoms with Crippen molar-refractivity contribution in [1.29, 1.82) is 0 Å². The molecular weight excluding hydrogens is 334 g/mol. The normalized spacial score (nSPS) is 11.7. The summed E-state index contributed by atoms with van der Waals surface area (Å²) in [5.74, 6) is 0.831. The molecule has 0 saturated carbocycles. The third-order valence-electron chi connectivity index (χ3n) is 2.94. The van der Waals surface area contributed by atoms with Gasteiger partial charge in [0.1, 0.15) is 23.7 Å². The summed E-state index contributed by atoms with van der Waals surface area (Å²) in [5, 5.41) is 11.0. The summed E-state index contributed by atoms with van der Waals surface area (Å²) in [4.78, 5) is 0. The van der Waals surface area contributed by atoms with E-state index in [1.807, 2.05) is 19.1 Å². The summed E-state index contributed by atoms with van der Waals surface area (Å²) >= 11 is 3.50. The lowest BCUT2D eigenvalue weighted by molar-refractivity contribution is 0.267. The van der Waals surface area contributed by atoms with Gasteiger partial charge in [-0.3, -0.25) is 0 Å². The van der Waals surface area contributed by atoms with Gasteiger partial charge in [0.2, 0.25) is 0 Å². The maximum absolute atomic E-state index is 5.86. The van der Waals surface area contributed by atoms with Crippen molar-refractivity contribution < 1.29 is 9.37 Å². The first kappa shape index (κ1) is 16.0. The van der Waals surface area contributed by atoms with E-state index in [2.05, 4.69) is 63.0 Å². The molecule has 0 aliphatic heterocycles. The Morgan fingerprint density at radius 2 is 2.05 bits per heavy atom. The summed E-state index contributed by atoms with van der Waals surface area (Å²) in [7, 11) is 0. The number of nitrogens with one attached hydrogen (secondary N) is 1. The molecule has 1 N–H and O–H groups in total. The Morgan fingerprint density at radius 3 is 2.67 bits per heavy atom. The zero-order chi connectivity index (χ0) is 15.5. The van der Waals surface area contributed by atoms with Crippen LogP contribution in [0.1, 0.15) is 37.7 Å². The smallest absolute Gasteiger partial charge is 0.145 e. The van der Waals surface area contributed by atoms with Crippen LogP contribution < -0.4 is 10.1 Å². The molecule has 21 heavy (non-hydrogen) atoms. The van der Waals surface area contributed by atoms with Crippen molar-refractivity contribution in [3.05, 3.63) is 39.6 Å². The van der Waals surface area contributed by atoms with Crippen molar-refractivity contribution in [3.63, 3.8) is 0 Å². The molecule has 1 heterocycles. The van der Waals surface area contributed by atoms with E-state index in [9.17, 15) is 0 Å². The molecule has 1 aromatic heterocycles. The van der Waals surface area contributed by atoms with Crippen LogP contribution in [0.25, 0.3) is 0 Å². The molecule has 0 bridgehead atoms. The number of aromatic nitrogens is 2. The summed E-state index contributed by atoms with van der Waals surface area (Å²) in [5.41, 5.74) is 2.61. The summed E-state index contributed by atoms with van der Waals surface area (Å²) in [6.07, 6.45) is 0. The summed E-state index contributed by atoms with van der Waals surface area (Å²) < 4.78 is 11.6. The quantitative estimate of drug-likeness (QED) is 0.889. The lowest BCUT2D eigenvalue weighted by atomic mass is 10.1.